The van der Waals surface area contributed by atoms with Crippen LogP contribution in [0.5, 0.6) is 5.75 Å². The number of benzene rings is 1. The predicted octanol–water partition coefficient (Wildman–Crippen LogP) is 2.28. The van der Waals surface area contributed by atoms with Gasteiger partial charge in [-0.15, -0.1) is 4.57 Å². The van der Waals surface area contributed by atoms with Crippen LogP contribution in [0.15, 0.2) is 30.9 Å². The summed E-state index contributed by atoms with van der Waals surface area (Å²) in [7, 11) is 1.85. The largest absolute Gasteiger partial charge is 0.517 e. The molecule has 0 bridgehead atoms. The molecule has 0 aliphatic carbocycles. The van der Waals surface area contributed by atoms with E-state index in [1.807, 2.05) is 40.0 Å². The summed E-state index contributed by atoms with van der Waals surface area (Å²) in [5, 5.41) is 0. The standard InChI is InChI=1S/C14H17N2O2/c1-10-7-11(2)13(12(3)8-10)18-14(17)16-6-5-15(4)9-16/h5-9H,1-4H3/q+1. The second kappa shape index (κ2) is 4.64. The maximum atomic E-state index is 11.9. The first kappa shape index (κ1) is 12.4. The lowest BCUT2D eigenvalue weighted by Crippen LogP contribution is -2.26. The lowest BCUT2D eigenvalue weighted by atomic mass is 10.1. The van der Waals surface area contributed by atoms with Crippen molar-refractivity contribution in [1.82, 2.24) is 4.57 Å². The summed E-state index contributed by atoms with van der Waals surface area (Å²) in [6.45, 7) is 5.91. The van der Waals surface area contributed by atoms with E-state index >= 15 is 0 Å². The average molecular weight is 245 g/mol. The third-order valence-electron chi connectivity index (χ3n) is 2.77. The Labute approximate surface area is 106 Å². The Balaban J connectivity index is 2.27. The maximum Gasteiger partial charge on any atom is 0.517 e. The second-order valence-electron chi connectivity index (χ2n) is 4.58. The lowest BCUT2D eigenvalue weighted by Gasteiger charge is -2.09. The van der Waals surface area contributed by atoms with Crippen molar-refractivity contribution in [2.75, 3.05) is 0 Å². The van der Waals surface area contributed by atoms with E-state index in [1.54, 1.807) is 23.3 Å². The maximum absolute atomic E-state index is 11.9. The molecule has 4 nitrogen and oxygen atoms in total. The van der Waals surface area contributed by atoms with E-state index in [0.29, 0.717) is 5.75 Å². The fourth-order valence-corrected chi connectivity index (χ4v) is 2.03. The highest BCUT2D eigenvalue weighted by Gasteiger charge is 2.17. The fraction of sp³-hybridized carbons (Fsp3) is 0.286. The van der Waals surface area contributed by atoms with Crippen molar-refractivity contribution in [2.45, 2.75) is 20.8 Å². The fourth-order valence-electron chi connectivity index (χ4n) is 2.03. The van der Waals surface area contributed by atoms with E-state index in [9.17, 15) is 4.79 Å². The molecule has 1 heterocycles. The summed E-state index contributed by atoms with van der Waals surface area (Å²) in [4.78, 5) is 11.9. The summed E-state index contributed by atoms with van der Waals surface area (Å²) < 4.78 is 8.64. The predicted molar refractivity (Wildman–Crippen MR) is 67.7 cm³/mol. The molecule has 0 spiro atoms. The van der Waals surface area contributed by atoms with E-state index in [-0.39, 0.29) is 0 Å². The van der Waals surface area contributed by atoms with Gasteiger partial charge in [-0.1, -0.05) is 17.7 Å². The SMILES string of the molecule is Cc1cc(C)c(OC(=O)n2cc[n+](C)c2)c(C)c1. The number of aromatic nitrogens is 2. The molecular formula is C14H17N2O2+. The number of imidazole rings is 1. The quantitative estimate of drug-likeness (QED) is 0.722. The van der Waals surface area contributed by atoms with Gasteiger partial charge in [0.1, 0.15) is 18.1 Å². The van der Waals surface area contributed by atoms with E-state index in [2.05, 4.69) is 0 Å². The first-order valence-corrected chi connectivity index (χ1v) is 5.80. The van der Waals surface area contributed by atoms with Gasteiger partial charge in [0.2, 0.25) is 0 Å². The second-order valence-corrected chi connectivity index (χ2v) is 4.58. The van der Waals surface area contributed by atoms with Crippen molar-refractivity contribution in [3.63, 3.8) is 0 Å². The molecule has 0 saturated heterocycles. The van der Waals surface area contributed by atoms with E-state index in [1.165, 1.54) is 4.57 Å². The summed E-state index contributed by atoms with van der Waals surface area (Å²) in [5.41, 5.74) is 3.10. The topological polar surface area (TPSA) is 35.1 Å². The molecule has 1 aromatic carbocycles. The molecule has 0 saturated carbocycles. The number of hydrogen-bond donors (Lipinski definition) is 0. The summed E-state index contributed by atoms with van der Waals surface area (Å²) in [5.74, 6) is 0.641. The molecule has 0 amide bonds. The molecule has 4 heteroatoms. The zero-order valence-corrected chi connectivity index (χ0v) is 11.1. The Hall–Kier alpha value is -2.10. The van der Waals surface area contributed by atoms with Crippen LogP contribution in [-0.4, -0.2) is 10.7 Å². The third-order valence-corrected chi connectivity index (χ3v) is 2.77. The van der Waals surface area contributed by atoms with Gasteiger partial charge in [0.25, 0.3) is 6.33 Å². The van der Waals surface area contributed by atoms with Gasteiger partial charge in [0, 0.05) is 0 Å². The van der Waals surface area contributed by atoms with Gasteiger partial charge in [-0.3, -0.25) is 0 Å². The van der Waals surface area contributed by atoms with Crippen LogP contribution in [-0.2, 0) is 7.05 Å². The first-order valence-electron chi connectivity index (χ1n) is 5.80. The Morgan fingerprint density at radius 3 is 2.33 bits per heavy atom. The Kier molecular flexibility index (Phi) is 3.19. The Morgan fingerprint density at radius 2 is 1.83 bits per heavy atom. The van der Waals surface area contributed by atoms with E-state index in [4.69, 9.17) is 4.74 Å². The molecule has 0 atom stereocenters. The summed E-state index contributed by atoms with van der Waals surface area (Å²) in [6, 6.07) is 4.01. The smallest absolute Gasteiger partial charge is 0.391 e. The van der Waals surface area contributed by atoms with Gasteiger partial charge >= 0.3 is 6.09 Å². The molecular weight excluding hydrogens is 228 g/mol. The highest BCUT2D eigenvalue weighted by Crippen LogP contribution is 2.24. The molecule has 1 aromatic heterocycles. The van der Waals surface area contributed by atoms with Crippen molar-refractivity contribution in [1.29, 1.82) is 0 Å². The van der Waals surface area contributed by atoms with Crippen molar-refractivity contribution in [2.24, 2.45) is 7.05 Å². The molecule has 94 valence electrons. The minimum atomic E-state index is -0.398. The zero-order valence-electron chi connectivity index (χ0n) is 11.1. The van der Waals surface area contributed by atoms with Crippen molar-refractivity contribution < 1.29 is 14.1 Å². The number of hydrogen-bond acceptors (Lipinski definition) is 2. The highest BCUT2D eigenvalue weighted by molar-refractivity contribution is 5.73. The van der Waals surface area contributed by atoms with Crippen LogP contribution in [0.25, 0.3) is 0 Å². The van der Waals surface area contributed by atoms with Gasteiger partial charge in [0.15, 0.2) is 0 Å². The molecule has 2 aromatic rings. The molecule has 0 N–H and O–H groups in total. The summed E-state index contributed by atoms with van der Waals surface area (Å²) in [6.07, 6.45) is 4.73. The monoisotopic (exact) mass is 245 g/mol. The van der Waals surface area contributed by atoms with Crippen LogP contribution in [0.3, 0.4) is 0 Å². The number of nitrogens with zero attached hydrogens (tertiary/aromatic N) is 2. The van der Waals surface area contributed by atoms with Gasteiger partial charge in [0.05, 0.1) is 7.05 Å². The van der Waals surface area contributed by atoms with Crippen molar-refractivity contribution in [3.05, 3.63) is 47.5 Å². The lowest BCUT2D eigenvalue weighted by molar-refractivity contribution is -0.670. The van der Waals surface area contributed by atoms with Crippen LogP contribution in [0.4, 0.5) is 4.79 Å². The van der Waals surface area contributed by atoms with E-state index in [0.717, 1.165) is 16.7 Å². The molecule has 0 unspecified atom stereocenters. The zero-order chi connectivity index (χ0) is 13.3. The molecule has 0 radical (unpaired) electrons. The van der Waals surface area contributed by atoms with Crippen LogP contribution >= 0.6 is 0 Å². The van der Waals surface area contributed by atoms with Crippen molar-refractivity contribution in [3.8, 4) is 5.75 Å². The first-order chi connectivity index (χ1) is 8.47. The average Bonchev–Trinajstić information content (AvgIpc) is 2.70. The molecule has 0 aliphatic rings. The minimum Gasteiger partial charge on any atom is -0.391 e. The number of aryl methyl sites for hydroxylation is 4. The van der Waals surface area contributed by atoms with Crippen LogP contribution in [0.2, 0.25) is 0 Å². The number of carbonyl (C=O) groups excluding carboxylic acids is 1. The Morgan fingerprint density at radius 1 is 1.22 bits per heavy atom. The Bertz CT molecular complexity index is 577. The van der Waals surface area contributed by atoms with E-state index < -0.39 is 6.09 Å². The van der Waals surface area contributed by atoms with Crippen LogP contribution in [0.1, 0.15) is 16.7 Å². The number of ether oxygens (including phenoxy) is 1. The molecule has 18 heavy (non-hydrogen) atoms. The summed E-state index contributed by atoms with van der Waals surface area (Å²) >= 11 is 0. The molecule has 0 aliphatic heterocycles. The normalized spacial score (nSPS) is 10.4. The molecule has 2 rings (SSSR count). The number of carbonyl (C=O) groups is 1. The third kappa shape index (κ3) is 2.42. The van der Waals surface area contributed by atoms with Gasteiger partial charge in [-0.05, 0) is 31.9 Å². The van der Waals surface area contributed by atoms with Crippen LogP contribution < -0.4 is 9.30 Å². The minimum absolute atomic E-state index is 0.398. The van der Waals surface area contributed by atoms with Gasteiger partial charge in [-0.25, -0.2) is 4.57 Å². The van der Waals surface area contributed by atoms with Gasteiger partial charge in [-0.2, -0.15) is 4.79 Å². The van der Waals surface area contributed by atoms with Gasteiger partial charge < -0.3 is 4.74 Å². The highest BCUT2D eigenvalue weighted by atomic mass is 16.6. The van der Waals surface area contributed by atoms with Crippen molar-refractivity contribution >= 4 is 6.09 Å². The number of rotatable bonds is 1. The molecule has 0 fully saturated rings. The van der Waals surface area contributed by atoms with Crippen LogP contribution in [0, 0.1) is 20.8 Å².